The van der Waals surface area contributed by atoms with Gasteiger partial charge in [-0.2, -0.15) is 0 Å². The van der Waals surface area contributed by atoms with E-state index < -0.39 is 11.4 Å². The van der Waals surface area contributed by atoms with E-state index in [1.54, 1.807) is 36.4 Å². The Morgan fingerprint density at radius 1 is 1.07 bits per heavy atom. The highest BCUT2D eigenvalue weighted by Crippen LogP contribution is 2.31. The third-order valence-corrected chi connectivity index (χ3v) is 3.88. The lowest BCUT2D eigenvalue weighted by Gasteiger charge is -2.08. The zero-order valence-corrected chi connectivity index (χ0v) is 14.3. The molecular formula is C21H14O6. The number of aryl methyl sites for hydroxylation is 1. The van der Waals surface area contributed by atoms with Gasteiger partial charge in [-0.05, 0) is 49.4 Å². The Bertz CT molecular complexity index is 1180. The van der Waals surface area contributed by atoms with E-state index in [-0.39, 0.29) is 17.3 Å². The van der Waals surface area contributed by atoms with Crippen molar-refractivity contribution >= 4 is 23.0 Å². The lowest BCUT2D eigenvalue weighted by Crippen LogP contribution is -2.14. The summed E-state index contributed by atoms with van der Waals surface area (Å²) < 4.78 is 21.6. The van der Waals surface area contributed by atoms with Crippen LogP contribution in [0.4, 0.5) is 0 Å². The molecule has 0 aliphatic heterocycles. The van der Waals surface area contributed by atoms with Crippen LogP contribution in [0, 0.1) is 6.92 Å². The minimum Gasteiger partial charge on any atom is -0.465 e. The molecule has 1 aromatic carbocycles. The molecule has 0 bridgehead atoms. The summed E-state index contributed by atoms with van der Waals surface area (Å²) in [5.41, 5.74) is 0.810. The number of rotatable bonds is 4. The van der Waals surface area contributed by atoms with Crippen molar-refractivity contribution in [3.05, 3.63) is 82.6 Å². The van der Waals surface area contributed by atoms with Gasteiger partial charge in [0.2, 0.25) is 16.9 Å². The molecule has 0 radical (unpaired) electrons. The first-order valence-electron chi connectivity index (χ1n) is 8.16. The van der Waals surface area contributed by atoms with Crippen LogP contribution >= 0.6 is 0 Å². The minimum atomic E-state index is -0.737. The van der Waals surface area contributed by atoms with Gasteiger partial charge >= 0.3 is 5.97 Å². The van der Waals surface area contributed by atoms with E-state index in [1.807, 2.05) is 13.0 Å². The average molecular weight is 362 g/mol. The SMILES string of the molecule is Cc1ccc2oc(-c3ccco3)c(OC(=O)C=Cc3ccco3)c(=O)c2c1. The van der Waals surface area contributed by atoms with Gasteiger partial charge in [-0.3, -0.25) is 4.79 Å². The summed E-state index contributed by atoms with van der Waals surface area (Å²) in [5, 5.41) is 0.322. The minimum absolute atomic E-state index is 0.0566. The Morgan fingerprint density at radius 3 is 2.63 bits per heavy atom. The molecule has 0 aliphatic carbocycles. The second kappa shape index (κ2) is 6.84. The molecule has 3 heterocycles. The van der Waals surface area contributed by atoms with E-state index in [1.165, 1.54) is 24.7 Å². The Kier molecular flexibility index (Phi) is 4.22. The Labute approximate surface area is 153 Å². The lowest BCUT2D eigenvalue weighted by molar-refractivity contribution is -0.129. The summed E-state index contributed by atoms with van der Waals surface area (Å²) in [5.74, 6) is -0.136. The van der Waals surface area contributed by atoms with E-state index in [9.17, 15) is 9.59 Å². The van der Waals surface area contributed by atoms with Crippen LogP contribution in [0.2, 0.25) is 0 Å². The van der Waals surface area contributed by atoms with Gasteiger partial charge in [-0.1, -0.05) is 11.6 Å². The third kappa shape index (κ3) is 3.32. The molecule has 0 N–H and O–H groups in total. The zero-order valence-electron chi connectivity index (χ0n) is 14.3. The summed E-state index contributed by atoms with van der Waals surface area (Å²) in [6, 6.07) is 11.9. The summed E-state index contributed by atoms with van der Waals surface area (Å²) in [6.07, 6.45) is 5.55. The number of hydrogen-bond acceptors (Lipinski definition) is 6. The smallest absolute Gasteiger partial charge is 0.336 e. The molecule has 0 unspecified atom stereocenters. The Morgan fingerprint density at radius 2 is 1.89 bits per heavy atom. The van der Waals surface area contributed by atoms with Gasteiger partial charge in [-0.15, -0.1) is 0 Å². The molecule has 0 atom stereocenters. The second-order valence-electron chi connectivity index (χ2n) is 5.84. The van der Waals surface area contributed by atoms with Crippen LogP contribution in [-0.2, 0) is 4.79 Å². The molecule has 0 spiro atoms. The molecule has 4 rings (SSSR count). The van der Waals surface area contributed by atoms with Crippen molar-refractivity contribution in [2.45, 2.75) is 6.92 Å². The number of hydrogen-bond donors (Lipinski definition) is 0. The summed E-state index contributed by atoms with van der Waals surface area (Å²) in [4.78, 5) is 25.2. The van der Waals surface area contributed by atoms with E-state index >= 15 is 0 Å². The lowest BCUT2D eigenvalue weighted by atomic mass is 10.1. The zero-order chi connectivity index (χ0) is 18.8. The fourth-order valence-corrected chi connectivity index (χ4v) is 2.63. The first kappa shape index (κ1) is 16.7. The van der Waals surface area contributed by atoms with Crippen molar-refractivity contribution in [2.24, 2.45) is 0 Å². The molecular weight excluding hydrogens is 348 g/mol. The van der Waals surface area contributed by atoms with Gasteiger partial charge in [-0.25, -0.2) is 4.79 Å². The molecule has 0 saturated heterocycles. The quantitative estimate of drug-likeness (QED) is 0.390. The normalized spacial score (nSPS) is 11.3. The van der Waals surface area contributed by atoms with Gasteiger partial charge in [0.05, 0.1) is 17.9 Å². The van der Waals surface area contributed by atoms with Crippen molar-refractivity contribution < 1.29 is 22.8 Å². The fraction of sp³-hybridized carbons (Fsp3) is 0.0476. The Hall–Kier alpha value is -3.80. The predicted octanol–water partition coefficient (Wildman–Crippen LogP) is 4.57. The standard InChI is InChI=1S/C21H14O6/c1-13-6-8-16-15(12-13)19(23)21(20(26-16)17-5-3-11-25-17)27-18(22)9-7-14-4-2-10-24-14/h2-12H,1H3. The average Bonchev–Trinajstić information content (AvgIpc) is 3.36. The molecule has 6 nitrogen and oxygen atoms in total. The van der Waals surface area contributed by atoms with Crippen LogP contribution < -0.4 is 10.2 Å². The summed E-state index contributed by atoms with van der Waals surface area (Å²) in [6.45, 7) is 1.86. The number of carbonyl (C=O) groups is 1. The molecule has 0 amide bonds. The van der Waals surface area contributed by atoms with Crippen molar-refractivity contribution in [1.82, 2.24) is 0 Å². The number of esters is 1. The maximum Gasteiger partial charge on any atom is 0.336 e. The highest BCUT2D eigenvalue weighted by molar-refractivity contribution is 5.90. The van der Waals surface area contributed by atoms with E-state index in [2.05, 4.69) is 0 Å². The number of fused-ring (bicyclic) bond motifs is 1. The van der Waals surface area contributed by atoms with E-state index in [4.69, 9.17) is 18.0 Å². The predicted molar refractivity (Wildman–Crippen MR) is 98.3 cm³/mol. The highest BCUT2D eigenvalue weighted by Gasteiger charge is 2.21. The Balaban J connectivity index is 1.80. The number of furan rings is 2. The van der Waals surface area contributed by atoms with Gasteiger partial charge in [0.25, 0.3) is 0 Å². The van der Waals surface area contributed by atoms with Crippen LogP contribution in [0.25, 0.3) is 28.6 Å². The maximum atomic E-state index is 12.9. The number of carbonyl (C=O) groups excluding carboxylic acids is 1. The van der Waals surface area contributed by atoms with Crippen LogP contribution in [0.5, 0.6) is 5.75 Å². The number of benzene rings is 1. The molecule has 27 heavy (non-hydrogen) atoms. The van der Waals surface area contributed by atoms with Gasteiger partial charge in [0.15, 0.2) is 5.76 Å². The van der Waals surface area contributed by atoms with Crippen molar-refractivity contribution in [1.29, 1.82) is 0 Å². The molecule has 0 aliphatic rings. The van der Waals surface area contributed by atoms with Crippen LogP contribution in [0.3, 0.4) is 0 Å². The molecule has 6 heteroatoms. The molecule has 3 aromatic heterocycles. The third-order valence-electron chi connectivity index (χ3n) is 3.88. The summed E-state index contributed by atoms with van der Waals surface area (Å²) in [7, 11) is 0. The summed E-state index contributed by atoms with van der Waals surface area (Å²) >= 11 is 0. The molecule has 4 aromatic rings. The van der Waals surface area contributed by atoms with Gasteiger partial charge in [0, 0.05) is 6.08 Å². The first-order valence-corrected chi connectivity index (χ1v) is 8.16. The highest BCUT2D eigenvalue weighted by atomic mass is 16.5. The van der Waals surface area contributed by atoms with Crippen molar-refractivity contribution in [3.63, 3.8) is 0 Å². The second-order valence-corrected chi connectivity index (χ2v) is 5.84. The van der Waals surface area contributed by atoms with E-state index in [0.29, 0.717) is 16.7 Å². The van der Waals surface area contributed by atoms with Gasteiger partial charge in [0.1, 0.15) is 11.3 Å². The van der Waals surface area contributed by atoms with Crippen molar-refractivity contribution in [2.75, 3.05) is 0 Å². The van der Waals surface area contributed by atoms with Crippen LogP contribution in [0.15, 0.2) is 79.1 Å². The monoisotopic (exact) mass is 362 g/mol. The largest absolute Gasteiger partial charge is 0.465 e. The van der Waals surface area contributed by atoms with Crippen LogP contribution in [-0.4, -0.2) is 5.97 Å². The molecule has 0 fully saturated rings. The molecule has 0 saturated carbocycles. The fourth-order valence-electron chi connectivity index (χ4n) is 2.63. The van der Waals surface area contributed by atoms with E-state index in [0.717, 1.165) is 5.56 Å². The first-order chi connectivity index (χ1) is 13.1. The van der Waals surface area contributed by atoms with Crippen molar-refractivity contribution in [3.8, 4) is 17.3 Å². The van der Waals surface area contributed by atoms with Gasteiger partial charge < -0.3 is 18.0 Å². The van der Waals surface area contributed by atoms with Crippen LogP contribution in [0.1, 0.15) is 11.3 Å². The number of ether oxygens (including phenoxy) is 1. The molecule has 134 valence electrons. The topological polar surface area (TPSA) is 82.8 Å². The maximum absolute atomic E-state index is 12.9.